The van der Waals surface area contributed by atoms with Crippen molar-refractivity contribution in [2.75, 3.05) is 11.9 Å². The van der Waals surface area contributed by atoms with Crippen molar-refractivity contribution in [3.63, 3.8) is 0 Å². The summed E-state index contributed by atoms with van der Waals surface area (Å²) in [5, 5.41) is 6.70. The molecule has 0 bridgehead atoms. The van der Waals surface area contributed by atoms with E-state index >= 15 is 0 Å². The van der Waals surface area contributed by atoms with Gasteiger partial charge >= 0.3 is 0 Å². The van der Waals surface area contributed by atoms with E-state index in [-0.39, 0.29) is 0 Å². The first kappa shape index (κ1) is 16.0. The molecule has 3 aromatic rings. The molecule has 25 heavy (non-hydrogen) atoms. The summed E-state index contributed by atoms with van der Waals surface area (Å²) in [7, 11) is 0. The highest BCUT2D eigenvalue weighted by atomic mass is 32.1. The minimum Gasteiger partial charge on any atom is -0.342 e. The van der Waals surface area contributed by atoms with E-state index in [0.29, 0.717) is 6.04 Å². The third kappa shape index (κ3) is 3.35. The summed E-state index contributed by atoms with van der Waals surface area (Å²) in [6.07, 6.45) is 7.30. The number of nitrogens with zero attached hydrogens (tertiary/aromatic N) is 2. The van der Waals surface area contributed by atoms with Gasteiger partial charge in [0, 0.05) is 30.0 Å². The van der Waals surface area contributed by atoms with Crippen LogP contribution in [0.3, 0.4) is 0 Å². The Labute approximate surface area is 153 Å². The average molecular weight is 347 g/mol. The monoisotopic (exact) mass is 347 g/mol. The number of aromatic nitrogens is 1. The molecular formula is C21H21N3S. The van der Waals surface area contributed by atoms with Crippen LogP contribution in [0.15, 0.2) is 67.0 Å². The summed E-state index contributed by atoms with van der Waals surface area (Å²) in [6.45, 7) is 0.982. The molecule has 0 unspecified atom stereocenters. The van der Waals surface area contributed by atoms with Gasteiger partial charge in [-0.3, -0.25) is 4.98 Å². The molecule has 1 atom stereocenters. The van der Waals surface area contributed by atoms with Gasteiger partial charge in [0.1, 0.15) is 0 Å². The molecule has 126 valence electrons. The number of benzene rings is 2. The summed E-state index contributed by atoms with van der Waals surface area (Å²) >= 11 is 5.79. The number of hydrogen-bond acceptors (Lipinski definition) is 2. The maximum Gasteiger partial charge on any atom is 0.173 e. The van der Waals surface area contributed by atoms with Gasteiger partial charge in [0.2, 0.25) is 0 Å². The fourth-order valence-corrected chi connectivity index (χ4v) is 3.94. The largest absolute Gasteiger partial charge is 0.342 e. The summed E-state index contributed by atoms with van der Waals surface area (Å²) in [5.74, 6) is 0. The molecule has 1 aromatic heterocycles. The molecule has 1 aliphatic rings. The highest BCUT2D eigenvalue weighted by Crippen LogP contribution is 2.32. The van der Waals surface area contributed by atoms with Crippen molar-refractivity contribution in [2.24, 2.45) is 0 Å². The average Bonchev–Trinajstić information content (AvgIpc) is 2.69. The maximum absolute atomic E-state index is 5.79. The van der Waals surface area contributed by atoms with Crippen molar-refractivity contribution in [2.45, 2.75) is 25.3 Å². The standard InChI is InChI=1S/C21H21N3S/c25-21(23-19-11-5-8-16-7-1-2-10-18(16)19)24-14-4-3-12-20(24)17-9-6-13-22-15-17/h1-2,5-11,13,15,20H,3-4,12,14H2,(H,23,25)/t20-/m1/s1. The van der Waals surface area contributed by atoms with Crippen LogP contribution in [0.1, 0.15) is 30.9 Å². The van der Waals surface area contributed by atoms with E-state index < -0.39 is 0 Å². The van der Waals surface area contributed by atoms with E-state index in [0.717, 1.165) is 23.8 Å². The van der Waals surface area contributed by atoms with Crippen molar-refractivity contribution in [3.05, 3.63) is 72.6 Å². The molecule has 3 nitrogen and oxygen atoms in total. The van der Waals surface area contributed by atoms with Gasteiger partial charge in [-0.25, -0.2) is 0 Å². The number of hydrogen-bond donors (Lipinski definition) is 1. The van der Waals surface area contributed by atoms with Gasteiger partial charge < -0.3 is 10.2 Å². The normalized spacial score (nSPS) is 17.4. The van der Waals surface area contributed by atoms with Crippen molar-refractivity contribution >= 4 is 33.8 Å². The Morgan fingerprint density at radius 2 is 1.92 bits per heavy atom. The van der Waals surface area contributed by atoms with Gasteiger partial charge in [-0.1, -0.05) is 42.5 Å². The number of fused-ring (bicyclic) bond motifs is 1. The maximum atomic E-state index is 5.79. The molecule has 0 amide bonds. The van der Waals surface area contributed by atoms with Crippen LogP contribution in [0.5, 0.6) is 0 Å². The van der Waals surface area contributed by atoms with Crippen molar-refractivity contribution in [1.29, 1.82) is 0 Å². The molecule has 1 aliphatic heterocycles. The highest BCUT2D eigenvalue weighted by Gasteiger charge is 2.26. The van der Waals surface area contributed by atoms with E-state index in [1.807, 2.05) is 18.5 Å². The quantitative estimate of drug-likeness (QED) is 0.648. The van der Waals surface area contributed by atoms with Crippen molar-refractivity contribution in [1.82, 2.24) is 9.88 Å². The zero-order valence-corrected chi connectivity index (χ0v) is 14.9. The second kappa shape index (κ2) is 7.19. The van der Waals surface area contributed by atoms with Crippen LogP contribution >= 0.6 is 12.2 Å². The zero-order valence-electron chi connectivity index (χ0n) is 14.1. The van der Waals surface area contributed by atoms with E-state index in [1.165, 1.54) is 29.2 Å². The van der Waals surface area contributed by atoms with E-state index in [4.69, 9.17) is 12.2 Å². The highest BCUT2D eigenvalue weighted by molar-refractivity contribution is 7.80. The van der Waals surface area contributed by atoms with Gasteiger partial charge in [-0.15, -0.1) is 0 Å². The van der Waals surface area contributed by atoms with Crippen LogP contribution < -0.4 is 5.32 Å². The topological polar surface area (TPSA) is 28.2 Å². The Morgan fingerprint density at radius 3 is 2.80 bits per heavy atom. The van der Waals surface area contributed by atoms with Gasteiger partial charge in [0.25, 0.3) is 0 Å². The van der Waals surface area contributed by atoms with Gasteiger partial charge in [-0.05, 0) is 54.6 Å². The molecule has 0 spiro atoms. The molecule has 4 rings (SSSR count). The van der Waals surface area contributed by atoms with Gasteiger partial charge in [0.15, 0.2) is 5.11 Å². The summed E-state index contributed by atoms with van der Waals surface area (Å²) in [4.78, 5) is 6.61. The van der Waals surface area contributed by atoms with Crippen molar-refractivity contribution < 1.29 is 0 Å². The molecule has 1 saturated heterocycles. The Kier molecular flexibility index (Phi) is 4.61. The predicted octanol–water partition coefficient (Wildman–Crippen LogP) is 5.16. The lowest BCUT2D eigenvalue weighted by Crippen LogP contribution is -2.41. The predicted molar refractivity (Wildman–Crippen MR) is 108 cm³/mol. The third-order valence-electron chi connectivity index (χ3n) is 4.86. The smallest absolute Gasteiger partial charge is 0.173 e. The number of likely N-dealkylation sites (tertiary alicyclic amines) is 1. The molecule has 2 heterocycles. The van der Waals surface area contributed by atoms with Gasteiger partial charge in [-0.2, -0.15) is 0 Å². The lowest BCUT2D eigenvalue weighted by atomic mass is 9.97. The first-order valence-electron chi connectivity index (χ1n) is 8.78. The molecule has 4 heteroatoms. The van der Waals surface area contributed by atoms with Crippen LogP contribution in [0, 0.1) is 0 Å². The number of thiocarbonyl (C=S) groups is 1. The summed E-state index contributed by atoms with van der Waals surface area (Å²) in [5.41, 5.74) is 2.31. The molecule has 1 N–H and O–H groups in total. The number of piperidine rings is 1. The van der Waals surface area contributed by atoms with Crippen LogP contribution in [0.2, 0.25) is 0 Å². The minimum absolute atomic E-state index is 0.303. The molecule has 1 fully saturated rings. The van der Waals surface area contributed by atoms with Gasteiger partial charge in [0.05, 0.1) is 6.04 Å². The van der Waals surface area contributed by atoms with E-state index in [9.17, 15) is 0 Å². The number of pyridine rings is 1. The van der Waals surface area contributed by atoms with Crippen LogP contribution in [-0.2, 0) is 0 Å². The number of nitrogens with one attached hydrogen (secondary N) is 1. The fourth-order valence-electron chi connectivity index (χ4n) is 3.62. The van der Waals surface area contributed by atoms with E-state index in [1.54, 1.807) is 0 Å². The first-order chi connectivity index (χ1) is 12.3. The SMILES string of the molecule is S=C(Nc1cccc2ccccc12)N1CCCC[C@@H]1c1cccnc1. The molecule has 0 aliphatic carbocycles. The summed E-state index contributed by atoms with van der Waals surface area (Å²) in [6, 6.07) is 19.1. The first-order valence-corrected chi connectivity index (χ1v) is 9.19. The molecular weight excluding hydrogens is 326 g/mol. The molecule has 0 saturated carbocycles. The fraction of sp³-hybridized carbons (Fsp3) is 0.238. The zero-order chi connectivity index (χ0) is 17.1. The van der Waals surface area contributed by atoms with E-state index in [2.05, 4.69) is 63.7 Å². The number of anilines is 1. The lowest BCUT2D eigenvalue weighted by molar-refractivity contribution is 0.248. The molecule has 2 aromatic carbocycles. The van der Waals surface area contributed by atoms with Crippen LogP contribution in [0.4, 0.5) is 5.69 Å². The minimum atomic E-state index is 0.303. The Balaban J connectivity index is 1.60. The number of rotatable bonds is 2. The van der Waals surface area contributed by atoms with Crippen LogP contribution in [-0.4, -0.2) is 21.5 Å². The third-order valence-corrected chi connectivity index (χ3v) is 5.20. The van der Waals surface area contributed by atoms with Crippen LogP contribution in [0.25, 0.3) is 10.8 Å². The molecule has 0 radical (unpaired) electrons. The Hall–Kier alpha value is -2.46. The summed E-state index contributed by atoms with van der Waals surface area (Å²) < 4.78 is 0. The second-order valence-corrected chi connectivity index (χ2v) is 6.83. The Bertz CT molecular complexity index is 873. The Morgan fingerprint density at radius 1 is 1.04 bits per heavy atom. The second-order valence-electron chi connectivity index (χ2n) is 6.45. The lowest BCUT2D eigenvalue weighted by Gasteiger charge is -2.38. The van der Waals surface area contributed by atoms with Crippen molar-refractivity contribution in [3.8, 4) is 0 Å².